The fourth-order valence-electron chi connectivity index (χ4n) is 4.55. The van der Waals surface area contributed by atoms with Crippen LogP contribution < -0.4 is 14.2 Å². The van der Waals surface area contributed by atoms with Crippen LogP contribution in [-0.2, 0) is 9.59 Å². The van der Waals surface area contributed by atoms with E-state index in [9.17, 15) is 14.7 Å². The van der Waals surface area contributed by atoms with Crippen molar-refractivity contribution in [3.05, 3.63) is 59.1 Å². The molecule has 1 amide bonds. The summed E-state index contributed by atoms with van der Waals surface area (Å²) in [6.45, 7) is 2.53. The summed E-state index contributed by atoms with van der Waals surface area (Å²) in [5.41, 5.74) is 2.01. The summed E-state index contributed by atoms with van der Waals surface area (Å²) in [7, 11) is 8.24. The molecule has 1 atom stereocenters. The normalized spacial score (nSPS) is 17.3. The van der Waals surface area contributed by atoms with Gasteiger partial charge in [0.05, 0.1) is 38.6 Å². The lowest BCUT2D eigenvalue weighted by atomic mass is 9.95. The van der Waals surface area contributed by atoms with Crippen molar-refractivity contribution in [2.45, 2.75) is 13.0 Å². The van der Waals surface area contributed by atoms with Gasteiger partial charge >= 0.3 is 0 Å². The maximum absolute atomic E-state index is 13.4. The lowest BCUT2D eigenvalue weighted by Crippen LogP contribution is -2.35. The Morgan fingerprint density at radius 3 is 2.33 bits per heavy atom. The molecule has 10 heteroatoms. The molecule has 1 aromatic carbocycles. The second-order valence-corrected chi connectivity index (χ2v) is 8.73. The smallest absolute Gasteiger partial charge is 0.295 e. The molecule has 1 fully saturated rings. The van der Waals surface area contributed by atoms with E-state index in [1.165, 1.54) is 26.2 Å². The van der Waals surface area contributed by atoms with Crippen LogP contribution in [0, 0.1) is 6.92 Å². The Morgan fingerprint density at radius 1 is 1.08 bits per heavy atom. The predicted octanol–water partition coefficient (Wildman–Crippen LogP) is 2.65. The van der Waals surface area contributed by atoms with Crippen molar-refractivity contribution in [2.24, 2.45) is 0 Å². The van der Waals surface area contributed by atoms with Gasteiger partial charge in [-0.3, -0.25) is 14.0 Å². The number of Topliss-reactive ketones (excluding diaryl/α,β-unsaturated/α-hetero) is 1. The lowest BCUT2D eigenvalue weighted by molar-refractivity contribution is -0.140. The highest BCUT2D eigenvalue weighted by Gasteiger charge is 2.47. The summed E-state index contributed by atoms with van der Waals surface area (Å²) in [5.74, 6) is -0.631. The Bertz CT molecular complexity index is 1330. The number of likely N-dealkylation sites (N-methyl/N-ethyl adjacent to an activating group) is 1. The molecular formula is C26H30N4O6. The van der Waals surface area contributed by atoms with Gasteiger partial charge in [0.25, 0.3) is 11.7 Å². The van der Waals surface area contributed by atoms with E-state index in [4.69, 9.17) is 14.2 Å². The molecule has 1 unspecified atom stereocenters. The van der Waals surface area contributed by atoms with Crippen molar-refractivity contribution in [1.82, 2.24) is 19.2 Å². The van der Waals surface area contributed by atoms with E-state index >= 15 is 0 Å². The molecule has 0 spiro atoms. The number of pyridine rings is 1. The van der Waals surface area contributed by atoms with Gasteiger partial charge < -0.3 is 29.1 Å². The number of likely N-dealkylation sites (tertiary alicyclic amines) is 1. The number of hydrogen-bond acceptors (Lipinski definition) is 8. The van der Waals surface area contributed by atoms with E-state index < -0.39 is 17.7 Å². The molecule has 3 heterocycles. The van der Waals surface area contributed by atoms with Crippen molar-refractivity contribution in [3.8, 4) is 17.2 Å². The maximum atomic E-state index is 13.4. The number of ketones is 1. The fraction of sp³-hybridized carbons (Fsp3) is 0.346. The van der Waals surface area contributed by atoms with Crippen LogP contribution in [0.3, 0.4) is 0 Å². The molecule has 4 rings (SSSR count). The minimum atomic E-state index is -0.882. The standard InChI is InChI=1S/C26H30N4O6/c1-15-21(29-10-8-7-9-19(29)27-15)23(31)20-22(30(12-11-28(2)3)26(33)24(20)32)16-13-17(34-4)25(36-6)18(14-16)35-5/h7-10,13-14,22,31H,11-12H2,1-6H3/b23-20+. The highest BCUT2D eigenvalue weighted by Crippen LogP contribution is 2.45. The molecule has 36 heavy (non-hydrogen) atoms. The molecule has 1 aliphatic rings. The topological polar surface area (TPSA) is 106 Å². The zero-order valence-corrected chi connectivity index (χ0v) is 21.2. The van der Waals surface area contributed by atoms with E-state index in [-0.39, 0.29) is 17.9 Å². The Labute approximate surface area is 209 Å². The molecule has 2 aromatic heterocycles. The number of carbonyl (C=O) groups excluding carboxylic acids is 2. The quantitative estimate of drug-likeness (QED) is 0.290. The number of nitrogens with zero attached hydrogens (tertiary/aromatic N) is 4. The SMILES string of the molecule is COc1cc(C2/C(=C(\O)c3c(C)nc4ccccn34)C(=O)C(=O)N2CCN(C)C)cc(OC)c1OC. The highest BCUT2D eigenvalue weighted by molar-refractivity contribution is 6.46. The molecule has 190 valence electrons. The number of imidazole rings is 1. The molecule has 0 saturated carbocycles. The second kappa shape index (κ2) is 9.90. The lowest BCUT2D eigenvalue weighted by Gasteiger charge is -2.27. The van der Waals surface area contributed by atoms with E-state index in [1.807, 2.05) is 25.1 Å². The third-order valence-corrected chi connectivity index (χ3v) is 6.26. The number of aliphatic hydroxyl groups is 1. The Balaban J connectivity index is 1.99. The summed E-state index contributed by atoms with van der Waals surface area (Å²) in [6.07, 6.45) is 1.75. The van der Waals surface area contributed by atoms with Gasteiger partial charge in [-0.15, -0.1) is 0 Å². The van der Waals surface area contributed by atoms with E-state index in [1.54, 1.807) is 41.8 Å². The van der Waals surface area contributed by atoms with Crippen molar-refractivity contribution >= 4 is 23.1 Å². The minimum Gasteiger partial charge on any atom is -0.505 e. The number of hydrogen-bond donors (Lipinski definition) is 1. The molecule has 0 bridgehead atoms. The van der Waals surface area contributed by atoms with Crippen LogP contribution in [-0.4, -0.2) is 84.5 Å². The van der Waals surface area contributed by atoms with Crippen LogP contribution in [0.4, 0.5) is 0 Å². The minimum absolute atomic E-state index is 0.0261. The van der Waals surface area contributed by atoms with Crippen molar-refractivity contribution in [3.63, 3.8) is 0 Å². The van der Waals surface area contributed by atoms with Crippen molar-refractivity contribution in [2.75, 3.05) is 48.5 Å². The molecule has 10 nitrogen and oxygen atoms in total. The van der Waals surface area contributed by atoms with Crippen molar-refractivity contribution < 1.29 is 28.9 Å². The van der Waals surface area contributed by atoms with Gasteiger partial charge in [0.15, 0.2) is 17.3 Å². The number of aliphatic hydroxyl groups excluding tert-OH is 1. The van der Waals surface area contributed by atoms with Gasteiger partial charge in [-0.2, -0.15) is 0 Å². The predicted molar refractivity (Wildman–Crippen MR) is 134 cm³/mol. The van der Waals surface area contributed by atoms with E-state index in [2.05, 4.69) is 4.98 Å². The molecule has 3 aromatic rings. The first-order valence-corrected chi connectivity index (χ1v) is 11.4. The van der Waals surface area contributed by atoms with E-state index in [0.29, 0.717) is 46.4 Å². The van der Waals surface area contributed by atoms with Crippen molar-refractivity contribution in [1.29, 1.82) is 0 Å². The molecule has 1 saturated heterocycles. The Morgan fingerprint density at radius 2 is 1.75 bits per heavy atom. The van der Waals surface area contributed by atoms with Crippen LogP contribution in [0.5, 0.6) is 17.2 Å². The molecular weight excluding hydrogens is 464 g/mol. The number of fused-ring (bicyclic) bond motifs is 1. The first kappa shape index (κ1) is 25.1. The Kier molecular flexibility index (Phi) is 6.89. The zero-order valence-electron chi connectivity index (χ0n) is 21.2. The van der Waals surface area contributed by atoms with Crippen LogP contribution in [0.25, 0.3) is 11.4 Å². The average molecular weight is 495 g/mol. The third-order valence-electron chi connectivity index (χ3n) is 6.26. The molecule has 0 radical (unpaired) electrons. The van der Waals surface area contributed by atoms with Crippen LogP contribution in [0.2, 0.25) is 0 Å². The first-order chi connectivity index (χ1) is 17.2. The summed E-state index contributed by atoms with van der Waals surface area (Å²) < 4.78 is 18.2. The molecule has 0 aliphatic carbocycles. The Hall–Kier alpha value is -4.05. The molecule has 1 N–H and O–H groups in total. The number of carbonyl (C=O) groups is 2. The number of aryl methyl sites for hydroxylation is 1. The summed E-state index contributed by atoms with van der Waals surface area (Å²) in [5, 5.41) is 11.6. The monoisotopic (exact) mass is 494 g/mol. The van der Waals surface area contributed by atoms with Gasteiger partial charge in [-0.05, 0) is 50.8 Å². The summed E-state index contributed by atoms with van der Waals surface area (Å²) in [4.78, 5) is 34.6. The van der Waals surface area contributed by atoms with Gasteiger partial charge in [0.1, 0.15) is 11.3 Å². The van der Waals surface area contributed by atoms with Crippen LogP contribution in [0.15, 0.2) is 42.1 Å². The number of rotatable bonds is 8. The number of ether oxygens (including phenoxy) is 3. The highest BCUT2D eigenvalue weighted by atomic mass is 16.5. The summed E-state index contributed by atoms with van der Waals surface area (Å²) >= 11 is 0. The van der Waals surface area contributed by atoms with Gasteiger partial charge in [0.2, 0.25) is 5.75 Å². The number of amides is 1. The maximum Gasteiger partial charge on any atom is 0.295 e. The van der Waals surface area contributed by atoms with Gasteiger partial charge in [-0.1, -0.05) is 6.07 Å². The fourth-order valence-corrected chi connectivity index (χ4v) is 4.55. The van der Waals surface area contributed by atoms with Crippen LogP contribution >= 0.6 is 0 Å². The largest absolute Gasteiger partial charge is 0.505 e. The zero-order chi connectivity index (χ0) is 26.1. The van der Waals surface area contributed by atoms with E-state index in [0.717, 1.165) is 0 Å². The van der Waals surface area contributed by atoms with Gasteiger partial charge in [-0.25, -0.2) is 4.98 Å². The summed E-state index contributed by atoms with van der Waals surface area (Å²) in [6, 6.07) is 7.94. The third kappa shape index (κ3) is 4.13. The van der Waals surface area contributed by atoms with Gasteiger partial charge in [0, 0.05) is 19.3 Å². The first-order valence-electron chi connectivity index (χ1n) is 11.4. The van der Waals surface area contributed by atoms with Crippen LogP contribution in [0.1, 0.15) is 23.0 Å². The molecule has 1 aliphatic heterocycles. The number of benzene rings is 1. The second-order valence-electron chi connectivity index (χ2n) is 8.73. The average Bonchev–Trinajstić information content (AvgIpc) is 3.33. The number of methoxy groups -OCH3 is 3. The number of aromatic nitrogens is 2.